The fourth-order valence-electron chi connectivity index (χ4n) is 1.37. The SMILES string of the molecule is Cc1[nH]c2cn[nH]c2c(=O)c1C(=O)O. The van der Waals surface area contributed by atoms with E-state index >= 15 is 0 Å². The Morgan fingerprint density at radius 3 is 2.93 bits per heavy atom. The number of carbonyl (C=O) groups is 1. The van der Waals surface area contributed by atoms with Gasteiger partial charge in [-0.3, -0.25) is 9.89 Å². The van der Waals surface area contributed by atoms with Gasteiger partial charge in [0.2, 0.25) is 5.43 Å². The van der Waals surface area contributed by atoms with Crippen molar-refractivity contribution in [3.8, 4) is 0 Å². The molecule has 0 fully saturated rings. The van der Waals surface area contributed by atoms with Crippen molar-refractivity contribution >= 4 is 17.0 Å². The summed E-state index contributed by atoms with van der Waals surface area (Å²) in [5.74, 6) is -1.24. The minimum atomic E-state index is -1.24. The second-order valence-corrected chi connectivity index (χ2v) is 2.92. The van der Waals surface area contributed by atoms with Crippen LogP contribution >= 0.6 is 0 Å². The van der Waals surface area contributed by atoms with Gasteiger partial charge < -0.3 is 10.1 Å². The number of hydrogen-bond donors (Lipinski definition) is 3. The predicted molar refractivity (Wildman–Crippen MR) is 48.4 cm³/mol. The molecule has 0 saturated heterocycles. The van der Waals surface area contributed by atoms with Gasteiger partial charge in [0.25, 0.3) is 0 Å². The normalized spacial score (nSPS) is 10.6. The molecule has 0 amide bonds. The van der Waals surface area contributed by atoms with Crippen LogP contribution in [0.15, 0.2) is 11.0 Å². The Labute approximate surface area is 77.6 Å². The Bertz CT molecular complexity index is 567. The van der Waals surface area contributed by atoms with Crippen LogP contribution in [0.25, 0.3) is 11.0 Å². The number of aromatic carboxylic acids is 1. The van der Waals surface area contributed by atoms with Crippen molar-refractivity contribution in [1.29, 1.82) is 0 Å². The number of aromatic amines is 2. The number of aryl methyl sites for hydroxylation is 1. The molecule has 0 aliphatic rings. The fourth-order valence-corrected chi connectivity index (χ4v) is 1.37. The zero-order valence-corrected chi connectivity index (χ0v) is 7.29. The van der Waals surface area contributed by atoms with Gasteiger partial charge in [-0.1, -0.05) is 0 Å². The van der Waals surface area contributed by atoms with Crippen molar-refractivity contribution in [2.75, 3.05) is 0 Å². The molecule has 0 aliphatic carbocycles. The van der Waals surface area contributed by atoms with E-state index in [1.807, 2.05) is 0 Å². The molecular formula is C8H7N3O3. The summed E-state index contributed by atoms with van der Waals surface area (Å²) in [6.07, 6.45) is 1.44. The maximum atomic E-state index is 11.6. The van der Waals surface area contributed by atoms with Gasteiger partial charge in [-0.2, -0.15) is 5.10 Å². The van der Waals surface area contributed by atoms with Gasteiger partial charge in [0.05, 0.1) is 11.7 Å². The second kappa shape index (κ2) is 2.69. The fraction of sp³-hybridized carbons (Fsp3) is 0.125. The van der Waals surface area contributed by atoms with Crippen LogP contribution in [-0.4, -0.2) is 26.3 Å². The van der Waals surface area contributed by atoms with Crippen molar-refractivity contribution in [3.05, 3.63) is 27.7 Å². The lowest BCUT2D eigenvalue weighted by Crippen LogP contribution is -2.18. The summed E-state index contributed by atoms with van der Waals surface area (Å²) >= 11 is 0. The number of pyridine rings is 1. The van der Waals surface area contributed by atoms with Crippen molar-refractivity contribution in [2.45, 2.75) is 6.92 Å². The van der Waals surface area contributed by atoms with Crippen molar-refractivity contribution in [3.63, 3.8) is 0 Å². The van der Waals surface area contributed by atoms with Gasteiger partial charge in [-0.15, -0.1) is 0 Å². The molecule has 2 rings (SSSR count). The van der Waals surface area contributed by atoms with Crippen LogP contribution in [0.3, 0.4) is 0 Å². The molecule has 0 aliphatic heterocycles. The van der Waals surface area contributed by atoms with Crippen LogP contribution in [-0.2, 0) is 0 Å². The third-order valence-electron chi connectivity index (χ3n) is 2.00. The highest BCUT2D eigenvalue weighted by molar-refractivity contribution is 5.92. The highest BCUT2D eigenvalue weighted by Gasteiger charge is 2.16. The van der Waals surface area contributed by atoms with Crippen LogP contribution in [0, 0.1) is 6.92 Å². The molecular weight excluding hydrogens is 186 g/mol. The summed E-state index contributed by atoms with van der Waals surface area (Å²) in [5.41, 5.74) is 0.241. The summed E-state index contributed by atoms with van der Waals surface area (Å²) < 4.78 is 0. The predicted octanol–water partition coefficient (Wildman–Crippen LogP) is 0.258. The first kappa shape index (κ1) is 8.49. The number of carboxylic acid groups (broad SMARTS) is 1. The molecule has 14 heavy (non-hydrogen) atoms. The maximum absolute atomic E-state index is 11.6. The largest absolute Gasteiger partial charge is 0.477 e. The van der Waals surface area contributed by atoms with Gasteiger partial charge >= 0.3 is 5.97 Å². The average molecular weight is 193 g/mol. The van der Waals surface area contributed by atoms with Crippen LogP contribution in [0.5, 0.6) is 0 Å². The summed E-state index contributed by atoms with van der Waals surface area (Å²) in [6, 6.07) is 0. The number of hydrogen-bond acceptors (Lipinski definition) is 3. The minimum absolute atomic E-state index is 0.188. The first-order valence-electron chi connectivity index (χ1n) is 3.90. The molecule has 2 aromatic rings. The Balaban J connectivity index is 2.97. The molecule has 3 N–H and O–H groups in total. The third-order valence-corrected chi connectivity index (χ3v) is 2.00. The Kier molecular flexibility index (Phi) is 1.63. The second-order valence-electron chi connectivity index (χ2n) is 2.92. The van der Waals surface area contributed by atoms with Crippen LogP contribution < -0.4 is 5.43 Å². The Morgan fingerprint density at radius 1 is 1.57 bits per heavy atom. The van der Waals surface area contributed by atoms with E-state index in [0.717, 1.165) is 0 Å². The lowest BCUT2D eigenvalue weighted by molar-refractivity contribution is 0.0694. The number of aromatic nitrogens is 3. The van der Waals surface area contributed by atoms with E-state index in [-0.39, 0.29) is 11.1 Å². The lowest BCUT2D eigenvalue weighted by atomic mass is 10.2. The average Bonchev–Trinajstić information content (AvgIpc) is 2.50. The van der Waals surface area contributed by atoms with Gasteiger partial charge in [0.15, 0.2) is 0 Å². The summed E-state index contributed by atoms with van der Waals surface area (Å²) in [7, 11) is 0. The smallest absolute Gasteiger partial charge is 0.341 e. The van der Waals surface area contributed by atoms with Gasteiger partial charge in [0.1, 0.15) is 11.1 Å². The molecule has 6 heteroatoms. The van der Waals surface area contributed by atoms with E-state index in [2.05, 4.69) is 15.2 Å². The molecule has 0 saturated carbocycles. The van der Waals surface area contributed by atoms with Gasteiger partial charge in [0, 0.05) is 5.69 Å². The van der Waals surface area contributed by atoms with E-state index < -0.39 is 11.4 Å². The van der Waals surface area contributed by atoms with E-state index in [9.17, 15) is 9.59 Å². The molecule has 72 valence electrons. The number of rotatable bonds is 1. The summed E-state index contributed by atoms with van der Waals surface area (Å²) in [5, 5.41) is 14.9. The van der Waals surface area contributed by atoms with Crippen molar-refractivity contribution in [2.24, 2.45) is 0 Å². The molecule has 2 aromatic heterocycles. The molecule has 0 bridgehead atoms. The summed E-state index contributed by atoms with van der Waals surface area (Å²) in [6.45, 7) is 1.54. The Hall–Kier alpha value is -2.11. The maximum Gasteiger partial charge on any atom is 0.341 e. The number of fused-ring (bicyclic) bond motifs is 1. The molecule has 0 spiro atoms. The van der Waals surface area contributed by atoms with Crippen molar-refractivity contribution < 1.29 is 9.90 Å². The van der Waals surface area contributed by atoms with E-state index in [0.29, 0.717) is 11.2 Å². The first-order valence-corrected chi connectivity index (χ1v) is 3.90. The highest BCUT2D eigenvalue weighted by atomic mass is 16.4. The third kappa shape index (κ3) is 1.00. The minimum Gasteiger partial charge on any atom is -0.477 e. The standard InChI is InChI=1S/C8H7N3O3/c1-3-5(8(13)14)7(12)6-4(10-3)2-9-11-6/h2H,1H3,(H,9,11)(H,10,12)(H,13,14). The monoisotopic (exact) mass is 193 g/mol. The van der Waals surface area contributed by atoms with Crippen LogP contribution in [0.2, 0.25) is 0 Å². The molecule has 0 radical (unpaired) electrons. The number of nitrogens with zero attached hydrogens (tertiary/aromatic N) is 1. The zero-order valence-electron chi connectivity index (χ0n) is 7.29. The molecule has 0 atom stereocenters. The first-order chi connectivity index (χ1) is 6.61. The lowest BCUT2D eigenvalue weighted by Gasteiger charge is -1.99. The molecule has 2 heterocycles. The van der Waals surface area contributed by atoms with Crippen LogP contribution in [0.4, 0.5) is 0 Å². The molecule has 0 unspecified atom stereocenters. The Morgan fingerprint density at radius 2 is 2.29 bits per heavy atom. The highest BCUT2D eigenvalue weighted by Crippen LogP contribution is 2.07. The number of H-pyrrole nitrogens is 2. The van der Waals surface area contributed by atoms with E-state index in [1.165, 1.54) is 13.1 Å². The zero-order chi connectivity index (χ0) is 10.3. The number of nitrogens with one attached hydrogen (secondary N) is 2. The van der Waals surface area contributed by atoms with Crippen molar-refractivity contribution in [1.82, 2.24) is 15.2 Å². The van der Waals surface area contributed by atoms with E-state index in [4.69, 9.17) is 5.11 Å². The van der Waals surface area contributed by atoms with Gasteiger partial charge in [-0.05, 0) is 6.92 Å². The van der Waals surface area contributed by atoms with Crippen LogP contribution in [0.1, 0.15) is 16.1 Å². The van der Waals surface area contributed by atoms with E-state index in [1.54, 1.807) is 0 Å². The van der Waals surface area contributed by atoms with Gasteiger partial charge in [-0.25, -0.2) is 4.79 Å². The number of carboxylic acids is 1. The quantitative estimate of drug-likeness (QED) is 0.604. The molecule has 6 nitrogen and oxygen atoms in total. The summed E-state index contributed by atoms with van der Waals surface area (Å²) in [4.78, 5) is 25.1. The topological polar surface area (TPSA) is 98.8 Å². The molecule has 0 aromatic carbocycles.